The molecule has 0 spiro atoms. The molecule has 1 aromatic carbocycles. The van der Waals surface area contributed by atoms with Crippen molar-refractivity contribution >= 4 is 23.4 Å². The Balaban J connectivity index is 2.15. The van der Waals surface area contributed by atoms with E-state index in [0.717, 1.165) is 0 Å². The third-order valence-electron chi connectivity index (χ3n) is 4.43. The molecular weight excluding hydrogens is 338 g/mol. The highest BCUT2D eigenvalue weighted by Gasteiger charge is 2.26. The zero-order valence-corrected chi connectivity index (χ0v) is 15.7. The van der Waals surface area contributed by atoms with Gasteiger partial charge in [0.2, 0.25) is 17.7 Å². The second kappa shape index (κ2) is 8.55. The van der Waals surface area contributed by atoms with Crippen LogP contribution in [0.25, 0.3) is 0 Å². The van der Waals surface area contributed by atoms with Gasteiger partial charge in [0.1, 0.15) is 18.0 Å². The van der Waals surface area contributed by atoms with E-state index < -0.39 is 0 Å². The van der Waals surface area contributed by atoms with Gasteiger partial charge in [0.05, 0.1) is 19.9 Å². The number of piperazine rings is 1. The van der Waals surface area contributed by atoms with Gasteiger partial charge < -0.3 is 19.3 Å². The number of anilines is 1. The lowest BCUT2D eigenvalue weighted by Gasteiger charge is -2.35. The summed E-state index contributed by atoms with van der Waals surface area (Å²) >= 11 is 0. The fraction of sp³-hybridized carbons (Fsp3) is 0.500. The summed E-state index contributed by atoms with van der Waals surface area (Å²) in [7, 11) is 3.04. The predicted molar refractivity (Wildman–Crippen MR) is 96.4 cm³/mol. The SMILES string of the molecule is COc1ccc(OC)c(N(CC(=O)N2CCN(C(C)=O)CC2)C(C)=O)c1. The molecule has 1 aromatic rings. The third kappa shape index (κ3) is 4.44. The molecule has 8 heteroatoms. The van der Waals surface area contributed by atoms with Crippen LogP contribution in [0.5, 0.6) is 11.5 Å². The van der Waals surface area contributed by atoms with Crippen LogP contribution in [0.3, 0.4) is 0 Å². The molecule has 0 saturated carbocycles. The normalized spacial score (nSPS) is 14.0. The van der Waals surface area contributed by atoms with E-state index in [1.165, 1.54) is 33.0 Å². The monoisotopic (exact) mass is 363 g/mol. The van der Waals surface area contributed by atoms with E-state index in [2.05, 4.69) is 0 Å². The maximum Gasteiger partial charge on any atom is 0.242 e. The predicted octanol–water partition coefficient (Wildman–Crippen LogP) is 0.747. The van der Waals surface area contributed by atoms with Gasteiger partial charge in [0.25, 0.3) is 0 Å². The molecule has 1 aliphatic rings. The summed E-state index contributed by atoms with van der Waals surface area (Å²) in [5.74, 6) is 0.605. The number of benzene rings is 1. The van der Waals surface area contributed by atoms with Gasteiger partial charge in [-0.1, -0.05) is 0 Å². The van der Waals surface area contributed by atoms with Crippen LogP contribution >= 0.6 is 0 Å². The molecule has 0 atom stereocenters. The molecule has 1 fully saturated rings. The minimum atomic E-state index is -0.271. The van der Waals surface area contributed by atoms with E-state index in [9.17, 15) is 14.4 Å². The van der Waals surface area contributed by atoms with Crippen LogP contribution in [0.2, 0.25) is 0 Å². The summed E-state index contributed by atoms with van der Waals surface area (Å²) < 4.78 is 10.5. The third-order valence-corrected chi connectivity index (χ3v) is 4.43. The minimum Gasteiger partial charge on any atom is -0.497 e. The molecule has 0 N–H and O–H groups in total. The molecule has 3 amide bonds. The topological polar surface area (TPSA) is 79.4 Å². The van der Waals surface area contributed by atoms with Crippen molar-refractivity contribution in [2.45, 2.75) is 13.8 Å². The molecule has 2 rings (SSSR count). The smallest absolute Gasteiger partial charge is 0.242 e. The number of hydrogen-bond acceptors (Lipinski definition) is 5. The van der Waals surface area contributed by atoms with Crippen molar-refractivity contribution in [3.63, 3.8) is 0 Å². The lowest BCUT2D eigenvalue weighted by molar-refractivity contribution is -0.137. The van der Waals surface area contributed by atoms with E-state index in [1.807, 2.05) is 0 Å². The Morgan fingerprint density at radius 1 is 1.00 bits per heavy atom. The number of nitrogens with zero attached hydrogens (tertiary/aromatic N) is 3. The molecule has 0 radical (unpaired) electrons. The summed E-state index contributed by atoms with van der Waals surface area (Å²) in [5, 5.41) is 0. The van der Waals surface area contributed by atoms with Gasteiger partial charge >= 0.3 is 0 Å². The summed E-state index contributed by atoms with van der Waals surface area (Å²) in [5.41, 5.74) is 0.482. The Morgan fingerprint density at radius 2 is 1.62 bits per heavy atom. The molecule has 1 saturated heterocycles. The van der Waals surface area contributed by atoms with Gasteiger partial charge in [-0.15, -0.1) is 0 Å². The number of carbonyl (C=O) groups excluding carboxylic acids is 3. The zero-order chi connectivity index (χ0) is 19.3. The highest BCUT2D eigenvalue weighted by atomic mass is 16.5. The largest absolute Gasteiger partial charge is 0.497 e. The Kier molecular flexibility index (Phi) is 6.43. The first-order valence-electron chi connectivity index (χ1n) is 8.40. The molecule has 142 valence electrons. The first kappa shape index (κ1) is 19.6. The van der Waals surface area contributed by atoms with Crippen LogP contribution in [-0.2, 0) is 14.4 Å². The van der Waals surface area contributed by atoms with Crippen LogP contribution < -0.4 is 14.4 Å². The average Bonchev–Trinajstić information content (AvgIpc) is 2.65. The lowest BCUT2D eigenvalue weighted by atomic mass is 10.2. The van der Waals surface area contributed by atoms with E-state index in [-0.39, 0.29) is 24.3 Å². The van der Waals surface area contributed by atoms with Crippen LogP contribution in [0, 0.1) is 0 Å². The van der Waals surface area contributed by atoms with Gasteiger partial charge in [0.15, 0.2) is 0 Å². The van der Waals surface area contributed by atoms with Crippen molar-refractivity contribution in [2.24, 2.45) is 0 Å². The Labute approximate surface area is 153 Å². The van der Waals surface area contributed by atoms with Crippen LogP contribution in [0.15, 0.2) is 18.2 Å². The maximum absolute atomic E-state index is 12.7. The van der Waals surface area contributed by atoms with Crippen LogP contribution in [-0.4, -0.2) is 74.5 Å². The maximum atomic E-state index is 12.7. The second-order valence-corrected chi connectivity index (χ2v) is 6.03. The number of hydrogen-bond donors (Lipinski definition) is 0. The molecule has 26 heavy (non-hydrogen) atoms. The van der Waals surface area contributed by atoms with Gasteiger partial charge in [0, 0.05) is 46.1 Å². The highest BCUT2D eigenvalue weighted by molar-refractivity contribution is 5.99. The summed E-state index contributed by atoms with van der Waals surface area (Å²) in [6.07, 6.45) is 0. The van der Waals surface area contributed by atoms with Crippen molar-refractivity contribution in [3.05, 3.63) is 18.2 Å². The number of amides is 3. The molecule has 1 aliphatic heterocycles. The Bertz CT molecular complexity index is 683. The quantitative estimate of drug-likeness (QED) is 0.771. The Morgan fingerprint density at radius 3 is 2.12 bits per heavy atom. The Hall–Kier alpha value is -2.77. The standard InChI is InChI=1S/C18H25N3O5/c1-13(22)19-7-9-20(10-8-19)18(24)12-21(14(2)23)16-11-15(25-3)5-6-17(16)26-4/h5-6,11H,7-10,12H2,1-4H3. The van der Waals surface area contributed by atoms with Gasteiger partial charge in [-0.05, 0) is 12.1 Å². The van der Waals surface area contributed by atoms with E-state index in [1.54, 1.807) is 28.0 Å². The van der Waals surface area contributed by atoms with E-state index in [0.29, 0.717) is 43.4 Å². The van der Waals surface area contributed by atoms with Crippen LogP contribution in [0.4, 0.5) is 5.69 Å². The minimum absolute atomic E-state index is 0.00331. The summed E-state index contributed by atoms with van der Waals surface area (Å²) in [6.45, 7) is 4.74. The van der Waals surface area contributed by atoms with Crippen molar-refractivity contribution in [1.82, 2.24) is 9.80 Å². The lowest BCUT2D eigenvalue weighted by Crippen LogP contribution is -2.52. The number of methoxy groups -OCH3 is 2. The van der Waals surface area contributed by atoms with Gasteiger partial charge in [-0.25, -0.2) is 0 Å². The molecule has 0 bridgehead atoms. The average molecular weight is 363 g/mol. The number of rotatable bonds is 5. The highest BCUT2D eigenvalue weighted by Crippen LogP contribution is 2.32. The molecule has 0 unspecified atom stereocenters. The van der Waals surface area contributed by atoms with E-state index >= 15 is 0 Å². The van der Waals surface area contributed by atoms with Crippen molar-refractivity contribution in [3.8, 4) is 11.5 Å². The first-order valence-corrected chi connectivity index (χ1v) is 8.40. The van der Waals surface area contributed by atoms with Crippen molar-refractivity contribution in [2.75, 3.05) is 51.8 Å². The first-order chi connectivity index (χ1) is 12.4. The fourth-order valence-electron chi connectivity index (χ4n) is 2.88. The molecule has 0 aliphatic carbocycles. The summed E-state index contributed by atoms with van der Waals surface area (Å²) in [4.78, 5) is 41.0. The van der Waals surface area contributed by atoms with Crippen molar-refractivity contribution < 1.29 is 23.9 Å². The zero-order valence-electron chi connectivity index (χ0n) is 15.7. The second-order valence-electron chi connectivity index (χ2n) is 6.03. The molecule has 0 aromatic heterocycles. The van der Waals surface area contributed by atoms with Gasteiger partial charge in [-0.3, -0.25) is 19.3 Å². The molecular formula is C18H25N3O5. The van der Waals surface area contributed by atoms with E-state index in [4.69, 9.17) is 9.47 Å². The number of carbonyl (C=O) groups is 3. The van der Waals surface area contributed by atoms with Crippen LogP contribution in [0.1, 0.15) is 13.8 Å². The number of ether oxygens (including phenoxy) is 2. The van der Waals surface area contributed by atoms with Gasteiger partial charge in [-0.2, -0.15) is 0 Å². The van der Waals surface area contributed by atoms with Crippen molar-refractivity contribution in [1.29, 1.82) is 0 Å². The molecule has 8 nitrogen and oxygen atoms in total. The fourth-order valence-corrected chi connectivity index (χ4v) is 2.88. The molecule has 1 heterocycles. The summed E-state index contributed by atoms with van der Waals surface area (Å²) in [6, 6.07) is 5.09.